The van der Waals surface area contributed by atoms with Gasteiger partial charge in [-0.05, 0) is 52.6 Å². The van der Waals surface area contributed by atoms with Gasteiger partial charge in [-0.2, -0.15) is 5.10 Å². The SMILES string of the molecule is Cc1cc2nnc(C(=O)N3CCC(c4nc(C(=O)NCCN5CCCCC5)cs4)CC3)c(C)n2n1. The minimum Gasteiger partial charge on any atom is -0.349 e. The van der Waals surface area contributed by atoms with Crippen molar-refractivity contribution in [3.8, 4) is 0 Å². The van der Waals surface area contributed by atoms with E-state index in [0.29, 0.717) is 42.4 Å². The molecule has 2 amide bonds. The highest BCUT2D eigenvalue weighted by Gasteiger charge is 2.29. The molecule has 1 N–H and O–H groups in total. The largest absolute Gasteiger partial charge is 0.349 e. The first-order valence-corrected chi connectivity index (χ1v) is 13.3. The molecule has 3 aromatic rings. The molecule has 0 aliphatic carbocycles. The molecular formula is C24H32N8O2S. The number of carbonyl (C=O) groups excluding carboxylic acids is 2. The van der Waals surface area contributed by atoms with Gasteiger partial charge in [0.1, 0.15) is 5.69 Å². The van der Waals surface area contributed by atoms with Crippen molar-refractivity contribution in [2.45, 2.75) is 51.9 Å². The second-order valence-corrected chi connectivity index (χ2v) is 10.4. The molecule has 0 atom stereocenters. The molecule has 2 aliphatic rings. The number of aryl methyl sites for hydroxylation is 2. The van der Waals surface area contributed by atoms with Crippen molar-refractivity contribution < 1.29 is 9.59 Å². The number of fused-ring (bicyclic) bond motifs is 1. The second kappa shape index (κ2) is 10.4. The Morgan fingerprint density at radius 3 is 2.63 bits per heavy atom. The number of nitrogens with zero attached hydrogens (tertiary/aromatic N) is 7. The van der Waals surface area contributed by atoms with Crippen LogP contribution in [0.3, 0.4) is 0 Å². The summed E-state index contributed by atoms with van der Waals surface area (Å²) in [6.45, 7) is 8.79. The van der Waals surface area contributed by atoms with Crippen molar-refractivity contribution in [2.75, 3.05) is 39.3 Å². The highest BCUT2D eigenvalue weighted by atomic mass is 32.1. The van der Waals surface area contributed by atoms with Crippen molar-refractivity contribution in [2.24, 2.45) is 0 Å². The fraction of sp³-hybridized carbons (Fsp3) is 0.583. The van der Waals surface area contributed by atoms with Crippen LogP contribution in [0.25, 0.3) is 5.65 Å². The monoisotopic (exact) mass is 496 g/mol. The second-order valence-electron chi connectivity index (χ2n) is 9.49. The van der Waals surface area contributed by atoms with Gasteiger partial charge in [0.05, 0.1) is 16.4 Å². The van der Waals surface area contributed by atoms with Gasteiger partial charge in [0.25, 0.3) is 11.8 Å². The molecule has 35 heavy (non-hydrogen) atoms. The fourth-order valence-corrected chi connectivity index (χ4v) is 5.91. The first kappa shape index (κ1) is 23.8. The zero-order valence-electron chi connectivity index (χ0n) is 20.4. The van der Waals surface area contributed by atoms with Crippen molar-refractivity contribution in [1.29, 1.82) is 0 Å². The van der Waals surface area contributed by atoms with Crippen molar-refractivity contribution in [3.05, 3.63) is 39.2 Å². The van der Waals surface area contributed by atoms with E-state index >= 15 is 0 Å². The lowest BCUT2D eigenvalue weighted by Crippen LogP contribution is -2.39. The Bertz CT molecular complexity index is 1210. The van der Waals surface area contributed by atoms with Crippen LogP contribution >= 0.6 is 11.3 Å². The number of aromatic nitrogens is 5. The van der Waals surface area contributed by atoms with Gasteiger partial charge >= 0.3 is 0 Å². The number of carbonyl (C=O) groups is 2. The molecule has 2 fully saturated rings. The maximum absolute atomic E-state index is 13.1. The van der Waals surface area contributed by atoms with Crippen molar-refractivity contribution >= 4 is 28.8 Å². The summed E-state index contributed by atoms with van der Waals surface area (Å²) in [4.78, 5) is 34.6. The van der Waals surface area contributed by atoms with E-state index in [4.69, 9.17) is 0 Å². The highest BCUT2D eigenvalue weighted by molar-refractivity contribution is 7.09. The number of piperidine rings is 2. The summed E-state index contributed by atoms with van der Waals surface area (Å²) in [5.41, 5.74) is 3.02. The van der Waals surface area contributed by atoms with Crippen LogP contribution in [0.1, 0.15) is 75.4 Å². The van der Waals surface area contributed by atoms with E-state index < -0.39 is 0 Å². The maximum atomic E-state index is 13.1. The Balaban J connectivity index is 1.14. The lowest BCUT2D eigenvalue weighted by atomic mass is 9.97. The molecule has 0 bridgehead atoms. The van der Waals surface area contributed by atoms with E-state index in [-0.39, 0.29) is 17.7 Å². The van der Waals surface area contributed by atoms with E-state index in [9.17, 15) is 9.59 Å². The van der Waals surface area contributed by atoms with Gasteiger partial charge in [-0.25, -0.2) is 9.50 Å². The lowest BCUT2D eigenvalue weighted by molar-refractivity contribution is 0.0704. The van der Waals surface area contributed by atoms with Crippen LogP contribution in [-0.2, 0) is 0 Å². The predicted molar refractivity (Wildman–Crippen MR) is 133 cm³/mol. The Morgan fingerprint density at radius 2 is 1.86 bits per heavy atom. The first-order chi connectivity index (χ1) is 17.0. The summed E-state index contributed by atoms with van der Waals surface area (Å²) >= 11 is 1.54. The van der Waals surface area contributed by atoms with Crippen LogP contribution in [-0.4, -0.2) is 85.7 Å². The molecule has 5 rings (SSSR count). The smallest absolute Gasteiger partial charge is 0.276 e. The van der Waals surface area contributed by atoms with E-state index in [1.165, 1.54) is 30.6 Å². The summed E-state index contributed by atoms with van der Waals surface area (Å²) in [5.74, 6) is 0.0363. The molecule has 11 heteroatoms. The third kappa shape index (κ3) is 5.20. The van der Waals surface area contributed by atoms with E-state index in [0.717, 1.165) is 43.2 Å². The van der Waals surface area contributed by atoms with Gasteiger partial charge in [0, 0.05) is 43.5 Å². The molecule has 0 radical (unpaired) electrons. The molecular weight excluding hydrogens is 464 g/mol. The number of amides is 2. The summed E-state index contributed by atoms with van der Waals surface area (Å²) in [5, 5.41) is 18.6. The minimum absolute atomic E-state index is 0.101. The number of hydrogen-bond acceptors (Lipinski definition) is 8. The number of hydrogen-bond donors (Lipinski definition) is 1. The van der Waals surface area contributed by atoms with E-state index in [2.05, 4.69) is 30.5 Å². The fourth-order valence-electron chi connectivity index (χ4n) is 4.94. The van der Waals surface area contributed by atoms with Crippen LogP contribution in [0.4, 0.5) is 0 Å². The number of likely N-dealkylation sites (tertiary alicyclic amines) is 2. The lowest BCUT2D eigenvalue weighted by Gasteiger charge is -2.31. The zero-order chi connectivity index (χ0) is 24.4. The summed E-state index contributed by atoms with van der Waals surface area (Å²) < 4.78 is 1.68. The average Bonchev–Trinajstić information content (AvgIpc) is 3.52. The molecule has 0 aromatic carbocycles. The molecule has 2 saturated heterocycles. The Hall–Kier alpha value is -2.92. The van der Waals surface area contributed by atoms with Crippen molar-refractivity contribution in [1.82, 2.24) is 39.9 Å². The van der Waals surface area contributed by atoms with Crippen LogP contribution < -0.4 is 5.32 Å². The molecule has 2 aliphatic heterocycles. The molecule has 10 nitrogen and oxygen atoms in total. The number of thiazole rings is 1. The van der Waals surface area contributed by atoms with Gasteiger partial charge < -0.3 is 15.1 Å². The molecule has 0 spiro atoms. The van der Waals surface area contributed by atoms with Crippen LogP contribution in [0, 0.1) is 13.8 Å². The Morgan fingerprint density at radius 1 is 1.09 bits per heavy atom. The Labute approximate surface area is 208 Å². The van der Waals surface area contributed by atoms with Crippen LogP contribution in [0.15, 0.2) is 11.4 Å². The predicted octanol–water partition coefficient (Wildman–Crippen LogP) is 2.43. The van der Waals surface area contributed by atoms with Gasteiger partial charge in [0.15, 0.2) is 11.3 Å². The van der Waals surface area contributed by atoms with Gasteiger partial charge in [-0.1, -0.05) is 6.42 Å². The van der Waals surface area contributed by atoms with E-state index in [1.807, 2.05) is 30.2 Å². The van der Waals surface area contributed by atoms with Crippen LogP contribution in [0.2, 0.25) is 0 Å². The minimum atomic E-state index is -0.114. The quantitative estimate of drug-likeness (QED) is 0.558. The van der Waals surface area contributed by atoms with Gasteiger partial charge in [-0.3, -0.25) is 9.59 Å². The topological polar surface area (TPSA) is 109 Å². The summed E-state index contributed by atoms with van der Waals surface area (Å²) in [6, 6.07) is 1.84. The molecule has 3 aromatic heterocycles. The maximum Gasteiger partial charge on any atom is 0.276 e. The highest BCUT2D eigenvalue weighted by Crippen LogP contribution is 2.31. The molecule has 0 unspecified atom stereocenters. The Kier molecular flexibility index (Phi) is 7.05. The standard InChI is InChI=1S/C24H32N8O2S/c1-16-14-20-27-28-21(17(2)32(20)29-16)24(34)31-11-6-18(7-12-31)23-26-19(15-35-23)22(33)25-8-13-30-9-4-3-5-10-30/h14-15,18H,3-13H2,1-2H3,(H,25,33). The average molecular weight is 497 g/mol. The normalized spacial score (nSPS) is 17.7. The third-order valence-corrected chi connectivity index (χ3v) is 7.98. The van der Waals surface area contributed by atoms with Crippen LogP contribution in [0.5, 0.6) is 0 Å². The summed E-state index contributed by atoms with van der Waals surface area (Å²) in [7, 11) is 0. The molecule has 0 saturated carbocycles. The number of rotatable bonds is 6. The van der Waals surface area contributed by atoms with E-state index in [1.54, 1.807) is 4.52 Å². The van der Waals surface area contributed by atoms with Gasteiger partial charge in [0.2, 0.25) is 0 Å². The first-order valence-electron chi connectivity index (χ1n) is 12.4. The number of nitrogens with one attached hydrogen (secondary N) is 1. The third-order valence-electron chi connectivity index (χ3n) is 6.98. The van der Waals surface area contributed by atoms with Crippen molar-refractivity contribution in [3.63, 3.8) is 0 Å². The van der Waals surface area contributed by atoms with Gasteiger partial charge in [-0.15, -0.1) is 21.5 Å². The molecule has 5 heterocycles. The summed E-state index contributed by atoms with van der Waals surface area (Å²) in [6.07, 6.45) is 5.43. The molecule has 186 valence electrons. The zero-order valence-corrected chi connectivity index (χ0v) is 21.2.